The van der Waals surface area contributed by atoms with E-state index in [9.17, 15) is 9.18 Å². The zero-order chi connectivity index (χ0) is 20.2. The molecular weight excluding hydrogens is 375 g/mol. The molecule has 1 N–H and O–H groups in total. The largest absolute Gasteiger partial charge is 0.489 e. The molecule has 0 saturated carbocycles. The monoisotopic (exact) mass is 396 g/mol. The highest BCUT2D eigenvalue weighted by Crippen LogP contribution is 2.23. The molecule has 150 valence electrons. The molecule has 1 saturated heterocycles. The predicted molar refractivity (Wildman–Crippen MR) is 105 cm³/mol. The minimum Gasteiger partial charge on any atom is -0.489 e. The van der Waals surface area contributed by atoms with E-state index in [4.69, 9.17) is 9.26 Å². The highest BCUT2D eigenvalue weighted by Gasteiger charge is 2.28. The lowest BCUT2D eigenvalue weighted by Crippen LogP contribution is -2.34. The Morgan fingerprint density at radius 3 is 2.79 bits per heavy atom. The lowest BCUT2D eigenvalue weighted by molar-refractivity contribution is 0.195. The quantitative estimate of drug-likeness (QED) is 0.702. The summed E-state index contributed by atoms with van der Waals surface area (Å²) < 4.78 is 24.8. The van der Waals surface area contributed by atoms with Crippen molar-refractivity contribution in [2.24, 2.45) is 0 Å². The molecule has 1 unspecified atom stereocenters. The Morgan fingerprint density at radius 1 is 1.28 bits per heavy atom. The van der Waals surface area contributed by atoms with Gasteiger partial charge >= 0.3 is 6.03 Å². The Morgan fingerprint density at radius 2 is 2.07 bits per heavy atom. The fourth-order valence-corrected chi connectivity index (χ4v) is 3.16. The van der Waals surface area contributed by atoms with Crippen molar-refractivity contribution in [3.8, 4) is 17.1 Å². The third-order valence-corrected chi connectivity index (χ3v) is 4.73. The number of likely N-dealkylation sites (tertiary alicyclic amines) is 1. The molecule has 2 heterocycles. The second-order valence-corrected chi connectivity index (χ2v) is 6.77. The number of nitrogens with zero attached hydrogens (tertiary/aromatic N) is 3. The van der Waals surface area contributed by atoms with Crippen molar-refractivity contribution in [2.45, 2.75) is 25.9 Å². The first-order valence-electron chi connectivity index (χ1n) is 9.52. The van der Waals surface area contributed by atoms with Gasteiger partial charge in [0.05, 0.1) is 12.2 Å². The zero-order valence-corrected chi connectivity index (χ0v) is 16.0. The molecule has 4 rings (SSSR count). The summed E-state index contributed by atoms with van der Waals surface area (Å²) in [6.45, 7) is 2.94. The average Bonchev–Trinajstić information content (AvgIpc) is 3.40. The average molecular weight is 396 g/mol. The normalized spacial score (nSPS) is 16.1. The molecule has 8 heteroatoms. The van der Waals surface area contributed by atoms with E-state index in [2.05, 4.69) is 15.5 Å². The number of halogens is 1. The molecule has 29 heavy (non-hydrogen) atoms. The number of anilines is 1. The third kappa shape index (κ3) is 4.37. The van der Waals surface area contributed by atoms with Crippen LogP contribution in [0.3, 0.4) is 0 Å². The van der Waals surface area contributed by atoms with Crippen molar-refractivity contribution in [3.63, 3.8) is 0 Å². The summed E-state index contributed by atoms with van der Waals surface area (Å²) in [6, 6.07) is 13.2. The Labute approximate surface area is 167 Å². The van der Waals surface area contributed by atoms with E-state index in [1.165, 1.54) is 12.1 Å². The molecule has 1 fully saturated rings. The van der Waals surface area contributed by atoms with Crippen LogP contribution in [-0.2, 0) is 6.42 Å². The van der Waals surface area contributed by atoms with Gasteiger partial charge in [0.1, 0.15) is 17.7 Å². The highest BCUT2D eigenvalue weighted by molar-refractivity contribution is 5.89. The van der Waals surface area contributed by atoms with Crippen molar-refractivity contribution in [3.05, 3.63) is 60.2 Å². The van der Waals surface area contributed by atoms with E-state index in [0.29, 0.717) is 43.4 Å². The van der Waals surface area contributed by atoms with Gasteiger partial charge in [-0.25, -0.2) is 9.18 Å². The van der Waals surface area contributed by atoms with Gasteiger partial charge in [0, 0.05) is 24.9 Å². The first-order chi connectivity index (χ1) is 14.1. The van der Waals surface area contributed by atoms with Gasteiger partial charge in [0.15, 0.2) is 0 Å². The van der Waals surface area contributed by atoms with Gasteiger partial charge in [-0.15, -0.1) is 0 Å². The zero-order valence-electron chi connectivity index (χ0n) is 16.0. The summed E-state index contributed by atoms with van der Waals surface area (Å²) >= 11 is 0. The number of aryl methyl sites for hydroxylation is 1. The number of nitrogens with one attached hydrogen (secondary N) is 1. The summed E-state index contributed by atoms with van der Waals surface area (Å²) in [6.07, 6.45) is 1.28. The number of hydrogen-bond acceptors (Lipinski definition) is 5. The SMILES string of the molecule is CCc1nc(-c2ccc(OC3CCN(C(=O)Nc4ccccc4F)C3)cc2)no1. The molecule has 0 bridgehead atoms. The number of ether oxygens (including phenoxy) is 1. The van der Waals surface area contributed by atoms with Crippen LogP contribution in [-0.4, -0.2) is 40.3 Å². The first-order valence-corrected chi connectivity index (χ1v) is 9.52. The van der Waals surface area contributed by atoms with Crippen LogP contribution in [0.2, 0.25) is 0 Å². The molecule has 1 atom stereocenters. The van der Waals surface area contributed by atoms with Gasteiger partial charge in [-0.2, -0.15) is 4.98 Å². The molecule has 7 nitrogen and oxygen atoms in total. The lowest BCUT2D eigenvalue weighted by atomic mass is 10.2. The van der Waals surface area contributed by atoms with E-state index >= 15 is 0 Å². The van der Waals surface area contributed by atoms with Crippen molar-refractivity contribution in [1.82, 2.24) is 15.0 Å². The molecule has 3 aromatic rings. The first kappa shape index (κ1) is 18.9. The number of urea groups is 1. The maximum Gasteiger partial charge on any atom is 0.322 e. The fraction of sp³-hybridized carbons (Fsp3) is 0.286. The van der Waals surface area contributed by atoms with Gasteiger partial charge in [-0.1, -0.05) is 24.2 Å². The van der Waals surface area contributed by atoms with Gasteiger partial charge < -0.3 is 19.5 Å². The Hall–Kier alpha value is -3.42. The lowest BCUT2D eigenvalue weighted by Gasteiger charge is -2.18. The minimum absolute atomic E-state index is 0.121. The number of amides is 2. The molecule has 0 radical (unpaired) electrons. The van der Waals surface area contributed by atoms with Gasteiger partial charge in [-0.3, -0.25) is 0 Å². The van der Waals surface area contributed by atoms with Crippen LogP contribution in [0.1, 0.15) is 19.2 Å². The molecule has 1 aliphatic rings. The summed E-state index contributed by atoms with van der Waals surface area (Å²) in [7, 11) is 0. The van der Waals surface area contributed by atoms with Gasteiger partial charge in [-0.05, 0) is 36.4 Å². The summed E-state index contributed by atoms with van der Waals surface area (Å²) in [5, 5.41) is 6.56. The van der Waals surface area contributed by atoms with E-state index in [1.807, 2.05) is 31.2 Å². The Kier molecular flexibility index (Phi) is 5.41. The van der Waals surface area contributed by atoms with Crippen LogP contribution in [0.15, 0.2) is 53.1 Å². The van der Waals surface area contributed by atoms with Crippen LogP contribution in [0, 0.1) is 5.82 Å². The van der Waals surface area contributed by atoms with Crippen molar-refractivity contribution in [1.29, 1.82) is 0 Å². The topological polar surface area (TPSA) is 80.5 Å². The maximum absolute atomic E-state index is 13.7. The number of carbonyl (C=O) groups is 1. The second-order valence-electron chi connectivity index (χ2n) is 6.77. The molecule has 2 amide bonds. The van der Waals surface area contributed by atoms with Crippen molar-refractivity contribution >= 4 is 11.7 Å². The van der Waals surface area contributed by atoms with Crippen LogP contribution in [0.5, 0.6) is 5.75 Å². The fourth-order valence-electron chi connectivity index (χ4n) is 3.16. The molecule has 2 aromatic carbocycles. The van der Waals surface area contributed by atoms with Crippen LogP contribution < -0.4 is 10.1 Å². The van der Waals surface area contributed by atoms with Crippen LogP contribution in [0.25, 0.3) is 11.4 Å². The number of rotatable bonds is 5. The van der Waals surface area contributed by atoms with Crippen LogP contribution in [0.4, 0.5) is 14.9 Å². The molecular formula is C21H21FN4O3. The molecule has 0 spiro atoms. The molecule has 1 aromatic heterocycles. The number of para-hydroxylation sites is 1. The Balaban J connectivity index is 1.32. The second kappa shape index (κ2) is 8.30. The third-order valence-electron chi connectivity index (χ3n) is 4.73. The summed E-state index contributed by atoms with van der Waals surface area (Å²) in [4.78, 5) is 18.3. The number of hydrogen-bond donors (Lipinski definition) is 1. The van der Waals surface area contributed by atoms with Crippen LogP contribution >= 0.6 is 0 Å². The number of benzene rings is 2. The van der Waals surface area contributed by atoms with Gasteiger partial charge in [0.25, 0.3) is 0 Å². The minimum atomic E-state index is -0.458. The van der Waals surface area contributed by atoms with E-state index in [1.54, 1.807) is 17.0 Å². The maximum atomic E-state index is 13.7. The van der Waals surface area contributed by atoms with E-state index in [-0.39, 0.29) is 17.8 Å². The van der Waals surface area contributed by atoms with Gasteiger partial charge in [0.2, 0.25) is 11.7 Å². The molecule has 1 aliphatic heterocycles. The predicted octanol–water partition coefficient (Wildman–Crippen LogP) is 4.12. The smallest absolute Gasteiger partial charge is 0.322 e. The van der Waals surface area contributed by atoms with E-state index < -0.39 is 5.82 Å². The number of aromatic nitrogens is 2. The highest BCUT2D eigenvalue weighted by atomic mass is 19.1. The number of carbonyl (C=O) groups excluding carboxylic acids is 1. The summed E-state index contributed by atoms with van der Waals surface area (Å²) in [5.74, 6) is 1.39. The Bertz CT molecular complexity index is 990. The van der Waals surface area contributed by atoms with Crippen molar-refractivity contribution in [2.75, 3.05) is 18.4 Å². The van der Waals surface area contributed by atoms with E-state index in [0.717, 1.165) is 5.56 Å². The summed E-state index contributed by atoms with van der Waals surface area (Å²) in [5.41, 5.74) is 1.02. The standard InChI is InChI=1S/C21H21FN4O3/c1-2-19-24-20(25-29-19)14-7-9-15(10-8-14)28-16-11-12-26(13-16)21(27)23-18-6-4-3-5-17(18)22/h3-10,16H,2,11-13H2,1H3,(H,23,27). The van der Waals surface area contributed by atoms with Crippen molar-refractivity contribution < 1.29 is 18.4 Å². The molecule has 0 aliphatic carbocycles.